The van der Waals surface area contributed by atoms with Gasteiger partial charge in [0.25, 0.3) is 0 Å². The zero-order valence-corrected chi connectivity index (χ0v) is 14.6. The molecule has 0 radical (unpaired) electrons. The first kappa shape index (κ1) is 19.5. The van der Waals surface area contributed by atoms with E-state index in [1.54, 1.807) is 0 Å². The quantitative estimate of drug-likeness (QED) is 0.469. The summed E-state index contributed by atoms with van der Waals surface area (Å²) in [5, 5.41) is 0. The van der Waals surface area contributed by atoms with Crippen LogP contribution in [0.1, 0.15) is 27.7 Å². The van der Waals surface area contributed by atoms with E-state index in [1.165, 1.54) is 0 Å². The Labute approximate surface area is 148 Å². The van der Waals surface area contributed by atoms with Gasteiger partial charge in [-0.15, -0.1) is 0 Å². The number of fused-ring (bicyclic) bond motifs is 1. The SMILES string of the molecule is CC(=O)O[C@H]1[C@@H](OC(C)=O)[C@@H](OC(C)=O)N2C(=O)OC[C@@H]2[C@H]1OC(C)=O. The summed E-state index contributed by atoms with van der Waals surface area (Å²) in [4.78, 5) is 59.2. The number of carbonyl (C=O) groups excluding carboxylic acids is 5. The van der Waals surface area contributed by atoms with Gasteiger partial charge in [0.15, 0.2) is 18.3 Å². The van der Waals surface area contributed by atoms with Crippen molar-refractivity contribution >= 4 is 30.0 Å². The third-order valence-electron chi connectivity index (χ3n) is 3.72. The summed E-state index contributed by atoms with van der Waals surface area (Å²) in [7, 11) is 0. The van der Waals surface area contributed by atoms with Gasteiger partial charge in [0.2, 0.25) is 6.23 Å². The summed E-state index contributed by atoms with van der Waals surface area (Å²) < 4.78 is 25.6. The molecule has 0 spiro atoms. The summed E-state index contributed by atoms with van der Waals surface area (Å²) in [5.41, 5.74) is 0. The molecule has 0 aliphatic carbocycles. The van der Waals surface area contributed by atoms with Gasteiger partial charge in [0.05, 0.1) is 0 Å². The van der Waals surface area contributed by atoms with Gasteiger partial charge in [-0.05, 0) is 0 Å². The molecular weight excluding hydrogens is 354 g/mol. The van der Waals surface area contributed by atoms with Crippen molar-refractivity contribution in [1.82, 2.24) is 4.90 Å². The lowest BCUT2D eigenvalue weighted by Gasteiger charge is -2.46. The molecule has 0 bridgehead atoms. The van der Waals surface area contributed by atoms with Crippen LogP contribution < -0.4 is 0 Å². The average molecular weight is 373 g/mol. The molecule has 26 heavy (non-hydrogen) atoms. The van der Waals surface area contributed by atoms with Gasteiger partial charge in [-0.3, -0.25) is 24.1 Å². The lowest BCUT2D eigenvalue weighted by molar-refractivity contribution is -0.236. The van der Waals surface area contributed by atoms with Crippen molar-refractivity contribution in [2.24, 2.45) is 0 Å². The normalized spacial score (nSPS) is 29.9. The Bertz CT molecular complexity index is 632. The molecule has 5 atom stereocenters. The monoisotopic (exact) mass is 373 g/mol. The summed E-state index contributed by atoms with van der Waals surface area (Å²) in [6, 6.07) is -0.896. The number of piperidine rings is 1. The Balaban J connectivity index is 2.51. The third-order valence-corrected chi connectivity index (χ3v) is 3.72. The molecule has 0 aromatic heterocycles. The smallest absolute Gasteiger partial charge is 0.413 e. The van der Waals surface area contributed by atoms with Crippen LogP contribution in [-0.2, 0) is 42.9 Å². The molecule has 11 nitrogen and oxygen atoms in total. The van der Waals surface area contributed by atoms with Crippen LogP contribution in [0, 0.1) is 0 Å². The maximum absolute atomic E-state index is 12.1. The summed E-state index contributed by atoms with van der Waals surface area (Å²) in [5.74, 6) is -3.00. The predicted molar refractivity (Wildman–Crippen MR) is 79.2 cm³/mol. The molecule has 2 fully saturated rings. The molecule has 2 rings (SSSR count). The van der Waals surface area contributed by atoms with Crippen molar-refractivity contribution < 1.29 is 47.7 Å². The topological polar surface area (TPSA) is 135 Å². The molecule has 2 saturated heterocycles. The van der Waals surface area contributed by atoms with Crippen LogP contribution in [0.3, 0.4) is 0 Å². The van der Waals surface area contributed by atoms with Crippen molar-refractivity contribution in [2.75, 3.05) is 6.61 Å². The second-order valence-electron chi connectivity index (χ2n) is 5.77. The Kier molecular flexibility index (Phi) is 5.68. The molecule has 2 aliphatic heterocycles. The molecule has 0 N–H and O–H groups in total. The van der Waals surface area contributed by atoms with Gasteiger partial charge < -0.3 is 23.7 Å². The molecule has 1 amide bonds. The van der Waals surface area contributed by atoms with Gasteiger partial charge in [-0.1, -0.05) is 0 Å². The van der Waals surface area contributed by atoms with Crippen LogP contribution in [0.5, 0.6) is 0 Å². The third kappa shape index (κ3) is 4.03. The number of rotatable bonds is 4. The number of ether oxygens (including phenoxy) is 5. The molecule has 2 aliphatic rings. The minimum atomic E-state index is -1.41. The van der Waals surface area contributed by atoms with Crippen LogP contribution in [0.4, 0.5) is 4.79 Å². The standard InChI is InChI=1S/C15H19NO10/c1-6(17)23-11-10-5-22-15(21)16(10)14(26-9(4)20)13(25-8(3)19)12(11)24-7(2)18/h10-14H,5H2,1-4H3/t10-,11-,12-,13-,14-/m1/s1. The second kappa shape index (κ2) is 7.58. The van der Waals surface area contributed by atoms with E-state index in [4.69, 9.17) is 23.7 Å². The number of esters is 4. The average Bonchev–Trinajstić information content (AvgIpc) is 2.86. The van der Waals surface area contributed by atoms with E-state index in [0.29, 0.717) is 0 Å². The number of hydrogen-bond acceptors (Lipinski definition) is 10. The highest BCUT2D eigenvalue weighted by Gasteiger charge is 2.60. The maximum atomic E-state index is 12.1. The zero-order valence-electron chi connectivity index (χ0n) is 14.6. The van der Waals surface area contributed by atoms with Crippen molar-refractivity contribution in [3.8, 4) is 0 Å². The van der Waals surface area contributed by atoms with Gasteiger partial charge in [-0.25, -0.2) is 4.79 Å². The molecule has 0 aromatic carbocycles. The van der Waals surface area contributed by atoms with Crippen LogP contribution in [0.2, 0.25) is 0 Å². The Hall–Kier alpha value is -2.85. The van der Waals surface area contributed by atoms with Gasteiger partial charge >= 0.3 is 30.0 Å². The van der Waals surface area contributed by atoms with Gasteiger partial charge in [0.1, 0.15) is 12.6 Å². The maximum Gasteiger partial charge on any atom is 0.413 e. The number of nitrogens with zero attached hydrogens (tertiary/aromatic N) is 1. The number of hydrogen-bond donors (Lipinski definition) is 0. The van der Waals surface area contributed by atoms with Crippen LogP contribution in [-0.4, -0.2) is 72.1 Å². The summed E-state index contributed by atoms with van der Waals surface area (Å²) >= 11 is 0. The zero-order chi connectivity index (χ0) is 19.6. The van der Waals surface area contributed by atoms with Crippen molar-refractivity contribution in [3.63, 3.8) is 0 Å². The van der Waals surface area contributed by atoms with Crippen molar-refractivity contribution in [2.45, 2.75) is 58.3 Å². The Morgan fingerprint density at radius 1 is 0.808 bits per heavy atom. The van der Waals surface area contributed by atoms with Crippen LogP contribution in [0.25, 0.3) is 0 Å². The van der Waals surface area contributed by atoms with E-state index in [9.17, 15) is 24.0 Å². The second-order valence-corrected chi connectivity index (χ2v) is 5.77. The lowest BCUT2D eigenvalue weighted by atomic mass is 9.92. The van der Waals surface area contributed by atoms with Crippen LogP contribution >= 0.6 is 0 Å². The lowest BCUT2D eigenvalue weighted by Crippen LogP contribution is -2.69. The fraction of sp³-hybridized carbons (Fsp3) is 0.667. The molecule has 0 saturated carbocycles. The molecule has 11 heteroatoms. The molecule has 2 heterocycles. The van der Waals surface area contributed by atoms with E-state index in [-0.39, 0.29) is 6.61 Å². The number of carbonyl (C=O) groups is 5. The largest absolute Gasteiger partial charge is 0.456 e. The van der Waals surface area contributed by atoms with Gasteiger partial charge in [-0.2, -0.15) is 0 Å². The first-order chi connectivity index (χ1) is 12.1. The number of cyclic esters (lactones) is 1. The van der Waals surface area contributed by atoms with Crippen LogP contribution in [0.15, 0.2) is 0 Å². The van der Waals surface area contributed by atoms with E-state index < -0.39 is 60.6 Å². The van der Waals surface area contributed by atoms with E-state index in [1.807, 2.05) is 0 Å². The molecule has 0 unspecified atom stereocenters. The van der Waals surface area contributed by atoms with Crippen molar-refractivity contribution in [3.05, 3.63) is 0 Å². The Morgan fingerprint density at radius 2 is 1.27 bits per heavy atom. The minimum Gasteiger partial charge on any atom is -0.456 e. The highest BCUT2D eigenvalue weighted by Crippen LogP contribution is 2.35. The fourth-order valence-electron chi connectivity index (χ4n) is 2.99. The summed E-state index contributed by atoms with van der Waals surface area (Å²) in [6.45, 7) is 4.23. The van der Waals surface area contributed by atoms with Crippen molar-refractivity contribution in [1.29, 1.82) is 0 Å². The summed E-state index contributed by atoms with van der Waals surface area (Å²) in [6.07, 6.45) is -6.16. The molecule has 0 aromatic rings. The minimum absolute atomic E-state index is 0.195. The fourth-order valence-corrected chi connectivity index (χ4v) is 2.99. The first-order valence-electron chi connectivity index (χ1n) is 7.75. The van der Waals surface area contributed by atoms with E-state index in [2.05, 4.69) is 0 Å². The molecular formula is C15H19NO10. The van der Waals surface area contributed by atoms with E-state index in [0.717, 1.165) is 32.6 Å². The predicted octanol–water partition coefficient (Wildman–Crippen LogP) is -0.495. The highest BCUT2D eigenvalue weighted by molar-refractivity contribution is 5.74. The molecule has 144 valence electrons. The highest BCUT2D eigenvalue weighted by atomic mass is 16.7. The van der Waals surface area contributed by atoms with E-state index >= 15 is 0 Å². The number of amides is 1. The first-order valence-corrected chi connectivity index (χ1v) is 7.75. The Morgan fingerprint density at radius 3 is 1.77 bits per heavy atom. The van der Waals surface area contributed by atoms with Gasteiger partial charge in [0, 0.05) is 27.7 Å².